The molecule has 1 unspecified atom stereocenters. The van der Waals surface area contributed by atoms with Crippen molar-refractivity contribution in [3.63, 3.8) is 0 Å². The number of nitrogens with two attached hydrogens (primary N) is 1. The van der Waals surface area contributed by atoms with Gasteiger partial charge in [0.05, 0.1) is 19.7 Å². The molecule has 1 atom stereocenters. The van der Waals surface area contributed by atoms with Crippen LogP contribution in [0.1, 0.15) is 24.5 Å². The van der Waals surface area contributed by atoms with E-state index in [-0.39, 0.29) is 29.7 Å². The van der Waals surface area contributed by atoms with E-state index >= 15 is 0 Å². The molecule has 6 nitrogen and oxygen atoms in total. The third kappa shape index (κ3) is 4.55. The number of ether oxygens (including phenoxy) is 1. The molecule has 2 saturated heterocycles. The molecule has 2 amide bonds. The molecule has 25 heavy (non-hydrogen) atoms. The van der Waals surface area contributed by atoms with E-state index in [0.29, 0.717) is 52.2 Å². The summed E-state index contributed by atoms with van der Waals surface area (Å²) < 4.78 is 18.8. The summed E-state index contributed by atoms with van der Waals surface area (Å²) >= 11 is 0. The van der Waals surface area contributed by atoms with E-state index in [4.69, 9.17) is 10.5 Å². The Bertz CT molecular complexity index is 614. The highest BCUT2D eigenvalue weighted by Crippen LogP contribution is 2.23. The Hall–Kier alpha value is -1.99. The number of benzene rings is 1. The Labute approximate surface area is 146 Å². The molecule has 7 heteroatoms. The fraction of sp³-hybridized carbons (Fsp3) is 0.556. The first-order valence-electron chi connectivity index (χ1n) is 8.69. The summed E-state index contributed by atoms with van der Waals surface area (Å²) in [6, 6.07) is 6.20. The Morgan fingerprint density at radius 1 is 1.16 bits per heavy atom. The van der Waals surface area contributed by atoms with Crippen LogP contribution in [0.4, 0.5) is 4.39 Å². The van der Waals surface area contributed by atoms with Crippen LogP contribution in [-0.4, -0.2) is 60.9 Å². The Morgan fingerprint density at radius 2 is 1.84 bits per heavy atom. The molecule has 3 rings (SSSR count). The van der Waals surface area contributed by atoms with E-state index in [9.17, 15) is 14.0 Å². The van der Waals surface area contributed by atoms with E-state index in [0.717, 1.165) is 5.56 Å². The summed E-state index contributed by atoms with van der Waals surface area (Å²) in [5, 5.41) is 0. The summed E-state index contributed by atoms with van der Waals surface area (Å²) in [6.07, 6.45) is 1.20. The van der Waals surface area contributed by atoms with Gasteiger partial charge in [-0.15, -0.1) is 0 Å². The van der Waals surface area contributed by atoms with Crippen molar-refractivity contribution >= 4 is 11.8 Å². The van der Waals surface area contributed by atoms with Crippen molar-refractivity contribution in [1.29, 1.82) is 0 Å². The zero-order chi connectivity index (χ0) is 17.8. The van der Waals surface area contributed by atoms with Crippen LogP contribution in [0.3, 0.4) is 0 Å². The molecule has 2 aliphatic rings. The van der Waals surface area contributed by atoms with Gasteiger partial charge in [0.15, 0.2) is 0 Å². The van der Waals surface area contributed by atoms with Gasteiger partial charge in [-0.2, -0.15) is 0 Å². The van der Waals surface area contributed by atoms with Crippen LogP contribution >= 0.6 is 0 Å². The van der Waals surface area contributed by atoms with Gasteiger partial charge in [-0.25, -0.2) is 4.39 Å². The molecule has 2 aliphatic heterocycles. The van der Waals surface area contributed by atoms with Gasteiger partial charge < -0.3 is 15.4 Å². The highest BCUT2D eigenvalue weighted by atomic mass is 19.1. The number of carbonyl (C=O) groups excluding carboxylic acids is 2. The largest absolute Gasteiger partial charge is 0.370 e. The first-order valence-corrected chi connectivity index (χ1v) is 8.69. The number of amides is 2. The van der Waals surface area contributed by atoms with Gasteiger partial charge in [0, 0.05) is 12.5 Å². The standard InChI is InChI=1S/C18H24FN3O3/c19-15-3-1-13(2-4-15)16-11-22(9-10-25-16)17(23)12-21-7-5-14(6-8-21)18(20)24/h1-4,14,16H,5-12H2,(H2,20,24). The molecule has 2 fully saturated rings. The molecule has 0 saturated carbocycles. The monoisotopic (exact) mass is 349 g/mol. The predicted molar refractivity (Wildman–Crippen MR) is 90.0 cm³/mol. The quantitative estimate of drug-likeness (QED) is 0.877. The minimum Gasteiger partial charge on any atom is -0.370 e. The first-order chi connectivity index (χ1) is 12.0. The average molecular weight is 349 g/mol. The summed E-state index contributed by atoms with van der Waals surface area (Å²) in [4.78, 5) is 27.7. The molecule has 0 radical (unpaired) electrons. The van der Waals surface area contributed by atoms with Crippen molar-refractivity contribution in [3.8, 4) is 0 Å². The molecular weight excluding hydrogens is 325 g/mol. The second kappa shape index (κ2) is 7.93. The fourth-order valence-corrected chi connectivity index (χ4v) is 3.42. The second-order valence-electron chi connectivity index (χ2n) is 6.70. The third-order valence-electron chi connectivity index (χ3n) is 5.01. The van der Waals surface area contributed by atoms with Crippen molar-refractivity contribution in [2.75, 3.05) is 39.3 Å². The first kappa shape index (κ1) is 17.8. The Balaban J connectivity index is 1.52. The number of halogens is 1. The van der Waals surface area contributed by atoms with Crippen LogP contribution in [0.15, 0.2) is 24.3 Å². The molecule has 2 N–H and O–H groups in total. The van der Waals surface area contributed by atoms with Crippen molar-refractivity contribution < 1.29 is 18.7 Å². The number of piperidine rings is 1. The maximum Gasteiger partial charge on any atom is 0.236 e. The lowest BCUT2D eigenvalue weighted by atomic mass is 9.96. The molecule has 2 heterocycles. The van der Waals surface area contributed by atoms with Crippen molar-refractivity contribution in [1.82, 2.24) is 9.80 Å². The molecule has 0 bridgehead atoms. The molecule has 0 aliphatic carbocycles. The van der Waals surface area contributed by atoms with E-state index < -0.39 is 0 Å². The lowest BCUT2D eigenvalue weighted by Crippen LogP contribution is -2.48. The number of primary amides is 1. The number of hydrogen-bond acceptors (Lipinski definition) is 4. The van der Waals surface area contributed by atoms with E-state index in [1.807, 2.05) is 0 Å². The fourth-order valence-electron chi connectivity index (χ4n) is 3.42. The van der Waals surface area contributed by atoms with Gasteiger partial charge in [0.25, 0.3) is 0 Å². The lowest BCUT2D eigenvalue weighted by Gasteiger charge is -2.36. The highest BCUT2D eigenvalue weighted by molar-refractivity contribution is 5.79. The van der Waals surface area contributed by atoms with E-state index in [1.165, 1.54) is 12.1 Å². The van der Waals surface area contributed by atoms with Gasteiger partial charge in [0.1, 0.15) is 11.9 Å². The van der Waals surface area contributed by atoms with Crippen LogP contribution in [0.25, 0.3) is 0 Å². The van der Waals surface area contributed by atoms with Crippen molar-refractivity contribution in [2.24, 2.45) is 11.7 Å². The number of nitrogens with zero attached hydrogens (tertiary/aromatic N) is 2. The number of morpholine rings is 1. The van der Waals surface area contributed by atoms with Gasteiger partial charge in [-0.1, -0.05) is 12.1 Å². The maximum atomic E-state index is 13.1. The van der Waals surface area contributed by atoms with Gasteiger partial charge in [-0.3, -0.25) is 14.5 Å². The summed E-state index contributed by atoms with van der Waals surface area (Å²) in [7, 11) is 0. The molecule has 0 spiro atoms. The topological polar surface area (TPSA) is 75.9 Å². The van der Waals surface area contributed by atoms with Crippen LogP contribution in [0.5, 0.6) is 0 Å². The smallest absolute Gasteiger partial charge is 0.236 e. The zero-order valence-electron chi connectivity index (χ0n) is 14.2. The van der Waals surface area contributed by atoms with Gasteiger partial charge >= 0.3 is 0 Å². The number of hydrogen-bond donors (Lipinski definition) is 1. The molecule has 1 aromatic rings. The van der Waals surface area contributed by atoms with Crippen LogP contribution < -0.4 is 5.73 Å². The van der Waals surface area contributed by atoms with Crippen LogP contribution in [0, 0.1) is 11.7 Å². The summed E-state index contributed by atoms with van der Waals surface area (Å²) in [5.41, 5.74) is 6.22. The number of rotatable bonds is 4. The predicted octanol–water partition coefficient (Wildman–Crippen LogP) is 0.923. The Kier molecular flexibility index (Phi) is 5.65. The van der Waals surface area contributed by atoms with Gasteiger partial charge in [-0.05, 0) is 43.6 Å². The molecular formula is C18H24FN3O3. The highest BCUT2D eigenvalue weighted by Gasteiger charge is 2.28. The second-order valence-corrected chi connectivity index (χ2v) is 6.70. The van der Waals surface area contributed by atoms with Gasteiger partial charge in [0.2, 0.25) is 11.8 Å². The third-order valence-corrected chi connectivity index (χ3v) is 5.01. The van der Waals surface area contributed by atoms with Crippen LogP contribution in [-0.2, 0) is 14.3 Å². The Morgan fingerprint density at radius 3 is 2.48 bits per heavy atom. The summed E-state index contributed by atoms with van der Waals surface area (Å²) in [6.45, 7) is 3.28. The van der Waals surface area contributed by atoms with Crippen LogP contribution in [0.2, 0.25) is 0 Å². The number of carbonyl (C=O) groups is 2. The van der Waals surface area contributed by atoms with Crippen molar-refractivity contribution in [2.45, 2.75) is 18.9 Å². The van der Waals surface area contributed by atoms with E-state index in [1.54, 1.807) is 17.0 Å². The normalized spacial score (nSPS) is 22.8. The summed E-state index contributed by atoms with van der Waals surface area (Å²) in [5.74, 6) is -0.543. The number of likely N-dealkylation sites (tertiary alicyclic amines) is 1. The molecule has 1 aromatic carbocycles. The lowest BCUT2D eigenvalue weighted by molar-refractivity contribution is -0.140. The van der Waals surface area contributed by atoms with E-state index in [2.05, 4.69) is 4.90 Å². The SMILES string of the molecule is NC(=O)C1CCN(CC(=O)N2CCOC(c3ccc(F)cc3)C2)CC1. The van der Waals surface area contributed by atoms with Crippen molar-refractivity contribution in [3.05, 3.63) is 35.6 Å². The molecule has 136 valence electrons. The minimum atomic E-state index is -0.285. The average Bonchev–Trinajstić information content (AvgIpc) is 2.63. The molecule has 0 aromatic heterocycles. The zero-order valence-corrected chi connectivity index (χ0v) is 14.2. The maximum absolute atomic E-state index is 13.1. The minimum absolute atomic E-state index is 0.0629.